The maximum atomic E-state index is 13.0. The topological polar surface area (TPSA) is 74.3 Å². The molecule has 2 fully saturated rings. The van der Waals surface area contributed by atoms with Crippen LogP contribution in [0.15, 0.2) is 48.1 Å². The normalized spacial score (nSPS) is 31.5. The van der Waals surface area contributed by atoms with Crippen molar-refractivity contribution < 1.29 is 28.5 Å². The van der Waals surface area contributed by atoms with Crippen LogP contribution in [-0.2, 0) is 25.5 Å². The van der Waals surface area contributed by atoms with Crippen molar-refractivity contribution in [3.63, 3.8) is 0 Å². The summed E-state index contributed by atoms with van der Waals surface area (Å²) in [6.07, 6.45) is 10.1. The van der Waals surface area contributed by atoms with E-state index in [1.807, 2.05) is 36.1 Å². The number of carbonyl (C=O) groups excluding carboxylic acids is 2. The Balaban J connectivity index is 1.59. The number of carbonyl (C=O) groups is 2. The van der Waals surface area contributed by atoms with Crippen molar-refractivity contribution in [2.75, 3.05) is 20.0 Å². The minimum atomic E-state index is -1.06. The molecule has 1 aromatic carbocycles. The largest absolute Gasteiger partial charge is 0.497 e. The minimum absolute atomic E-state index is 0.00373. The first-order valence-corrected chi connectivity index (χ1v) is 14.1. The smallest absolute Gasteiger partial charge is 0.330 e. The lowest BCUT2D eigenvalue weighted by molar-refractivity contribution is -0.305. The van der Waals surface area contributed by atoms with E-state index in [0.717, 1.165) is 42.6 Å². The molecule has 0 saturated carbocycles. The van der Waals surface area contributed by atoms with Crippen LogP contribution in [0.5, 0.6) is 5.75 Å². The molecule has 5 atom stereocenters. The molecule has 202 valence electrons. The number of allylic oxidation sites excluding steroid dienone is 3. The summed E-state index contributed by atoms with van der Waals surface area (Å²) < 4.78 is 24.1. The zero-order valence-electron chi connectivity index (χ0n) is 22.3. The second kappa shape index (κ2) is 12.5. The molecule has 3 aliphatic rings. The number of fused-ring (bicyclic) bond motifs is 2. The Kier molecular flexibility index (Phi) is 9.37. The Labute approximate surface area is 224 Å². The highest BCUT2D eigenvalue weighted by molar-refractivity contribution is 8.13. The van der Waals surface area contributed by atoms with E-state index in [4.69, 9.17) is 18.9 Å². The Morgan fingerprint density at radius 1 is 1.14 bits per heavy atom. The fraction of sp³-hybridized carbons (Fsp3) is 0.586. The molecule has 0 aromatic heterocycles. The molecule has 4 rings (SSSR count). The molecule has 3 heterocycles. The lowest BCUT2D eigenvalue weighted by atomic mass is 9.89. The van der Waals surface area contributed by atoms with Gasteiger partial charge in [0.2, 0.25) is 0 Å². The number of rotatable bonds is 5. The summed E-state index contributed by atoms with van der Waals surface area (Å²) >= 11 is 1.28. The Hall–Kier alpha value is -2.29. The van der Waals surface area contributed by atoms with Crippen molar-refractivity contribution in [3.05, 3.63) is 53.6 Å². The Morgan fingerprint density at radius 2 is 1.92 bits per heavy atom. The number of nitrogens with zero attached hydrogens (tertiary/aromatic N) is 1. The van der Waals surface area contributed by atoms with E-state index in [2.05, 4.69) is 19.1 Å². The molecule has 1 amide bonds. The van der Waals surface area contributed by atoms with E-state index in [-0.39, 0.29) is 29.5 Å². The SMILES string of the molecule is COc1ccc(CN2C(=O)SC[C@@H]2[C@@]2(OC)CC3C[C@@H](CC[C@H](C)C=CCCC(C)=CC(=O)O3)O2)cc1. The van der Waals surface area contributed by atoms with E-state index < -0.39 is 5.79 Å². The van der Waals surface area contributed by atoms with Gasteiger partial charge in [-0.2, -0.15) is 0 Å². The summed E-state index contributed by atoms with van der Waals surface area (Å²) in [6.45, 7) is 4.63. The van der Waals surface area contributed by atoms with Gasteiger partial charge in [0.1, 0.15) is 11.9 Å². The van der Waals surface area contributed by atoms with Crippen LogP contribution in [-0.4, -0.2) is 60.1 Å². The molecule has 1 unspecified atom stereocenters. The van der Waals surface area contributed by atoms with Crippen LogP contribution < -0.4 is 4.74 Å². The first-order valence-electron chi connectivity index (χ1n) is 13.2. The van der Waals surface area contributed by atoms with Gasteiger partial charge in [-0.1, -0.05) is 48.5 Å². The predicted octanol–water partition coefficient (Wildman–Crippen LogP) is 5.88. The standard InChI is InChI=1S/C29H39NO6S/c1-20-7-5-6-8-21(2)15-27(31)35-25-16-24(12-9-20)36-29(17-25,34-4)26-19-37-28(32)30(26)18-22-10-13-23(33-3)14-11-22/h5,7,10-11,13-15,20,24-26H,6,8-9,12,16-19H2,1-4H3/t20-,24-,25?,26-,29-/m1/s1. The highest BCUT2D eigenvalue weighted by Gasteiger charge is 2.54. The van der Waals surface area contributed by atoms with E-state index in [1.165, 1.54) is 11.8 Å². The molecular formula is C29H39NO6S. The summed E-state index contributed by atoms with van der Waals surface area (Å²) in [4.78, 5) is 27.6. The molecule has 0 radical (unpaired) electrons. The van der Waals surface area contributed by atoms with Gasteiger partial charge in [-0.25, -0.2) is 4.79 Å². The average molecular weight is 530 g/mol. The predicted molar refractivity (Wildman–Crippen MR) is 144 cm³/mol. The van der Waals surface area contributed by atoms with E-state index in [1.54, 1.807) is 20.3 Å². The number of hydrogen-bond donors (Lipinski definition) is 0. The molecule has 1 aromatic rings. The summed E-state index contributed by atoms with van der Waals surface area (Å²) in [5.74, 6) is 0.357. The summed E-state index contributed by atoms with van der Waals surface area (Å²) in [5.41, 5.74) is 2.00. The molecule has 2 saturated heterocycles. The Bertz CT molecular complexity index is 1010. The van der Waals surface area contributed by atoms with Crippen LogP contribution in [0.3, 0.4) is 0 Å². The third-order valence-corrected chi connectivity index (χ3v) is 8.47. The van der Waals surface area contributed by atoms with Crippen LogP contribution in [0.25, 0.3) is 0 Å². The van der Waals surface area contributed by atoms with Gasteiger partial charge in [0, 0.05) is 38.3 Å². The summed E-state index contributed by atoms with van der Waals surface area (Å²) in [5, 5.41) is -0.00373. The van der Waals surface area contributed by atoms with Gasteiger partial charge in [-0.3, -0.25) is 4.79 Å². The number of esters is 1. The third-order valence-electron chi connectivity index (χ3n) is 7.51. The molecule has 2 bridgehead atoms. The van der Waals surface area contributed by atoms with Crippen molar-refractivity contribution in [3.8, 4) is 5.75 Å². The monoisotopic (exact) mass is 529 g/mol. The lowest BCUT2D eigenvalue weighted by Gasteiger charge is -2.48. The molecule has 0 aliphatic carbocycles. The first kappa shape index (κ1) is 27.7. The zero-order valence-corrected chi connectivity index (χ0v) is 23.1. The van der Waals surface area contributed by atoms with Crippen molar-refractivity contribution in [1.82, 2.24) is 4.90 Å². The average Bonchev–Trinajstić information content (AvgIpc) is 3.25. The second-order valence-electron chi connectivity index (χ2n) is 10.3. The van der Waals surface area contributed by atoms with Gasteiger partial charge in [-0.05, 0) is 56.2 Å². The quantitative estimate of drug-likeness (QED) is 0.348. The maximum absolute atomic E-state index is 13.0. The van der Waals surface area contributed by atoms with Crippen LogP contribution in [0, 0.1) is 5.92 Å². The number of amides is 1. The number of hydrogen-bond acceptors (Lipinski definition) is 7. The van der Waals surface area contributed by atoms with Crippen molar-refractivity contribution >= 4 is 23.0 Å². The van der Waals surface area contributed by atoms with Crippen LogP contribution in [0.1, 0.15) is 57.9 Å². The van der Waals surface area contributed by atoms with Gasteiger partial charge >= 0.3 is 5.97 Å². The van der Waals surface area contributed by atoms with Gasteiger partial charge in [0.25, 0.3) is 5.24 Å². The first-order chi connectivity index (χ1) is 17.8. The molecule has 0 N–H and O–H groups in total. The van der Waals surface area contributed by atoms with Gasteiger partial charge in [-0.15, -0.1) is 0 Å². The molecule has 3 aliphatic heterocycles. The van der Waals surface area contributed by atoms with E-state index in [0.29, 0.717) is 31.1 Å². The summed E-state index contributed by atoms with van der Waals surface area (Å²) in [7, 11) is 3.27. The minimum Gasteiger partial charge on any atom is -0.497 e. The van der Waals surface area contributed by atoms with Crippen molar-refractivity contribution in [2.24, 2.45) is 5.92 Å². The number of methoxy groups -OCH3 is 2. The molecule has 7 nitrogen and oxygen atoms in total. The molecule has 8 heteroatoms. The highest BCUT2D eigenvalue weighted by atomic mass is 32.2. The fourth-order valence-electron chi connectivity index (χ4n) is 5.39. The molecular weight excluding hydrogens is 490 g/mol. The molecule has 37 heavy (non-hydrogen) atoms. The van der Waals surface area contributed by atoms with Crippen molar-refractivity contribution in [2.45, 2.75) is 83.0 Å². The van der Waals surface area contributed by atoms with Crippen LogP contribution in [0.2, 0.25) is 0 Å². The van der Waals surface area contributed by atoms with Gasteiger partial charge in [0.05, 0.1) is 19.3 Å². The van der Waals surface area contributed by atoms with E-state index in [9.17, 15) is 9.59 Å². The Morgan fingerprint density at radius 3 is 2.65 bits per heavy atom. The highest BCUT2D eigenvalue weighted by Crippen LogP contribution is 2.43. The van der Waals surface area contributed by atoms with E-state index >= 15 is 0 Å². The number of ether oxygens (including phenoxy) is 4. The zero-order chi connectivity index (χ0) is 26.4. The fourth-order valence-corrected chi connectivity index (χ4v) is 6.49. The maximum Gasteiger partial charge on any atom is 0.330 e. The lowest BCUT2D eigenvalue weighted by Crippen LogP contribution is -2.60. The second-order valence-corrected chi connectivity index (χ2v) is 11.3. The summed E-state index contributed by atoms with van der Waals surface area (Å²) in [6, 6.07) is 7.41. The number of thioether (sulfide) groups is 1. The molecule has 0 spiro atoms. The number of benzene rings is 1. The van der Waals surface area contributed by atoms with Gasteiger partial charge < -0.3 is 23.8 Å². The van der Waals surface area contributed by atoms with Crippen LogP contribution in [0.4, 0.5) is 4.79 Å². The van der Waals surface area contributed by atoms with Crippen molar-refractivity contribution in [1.29, 1.82) is 0 Å². The third kappa shape index (κ3) is 6.98. The van der Waals surface area contributed by atoms with Crippen LogP contribution >= 0.6 is 11.8 Å². The van der Waals surface area contributed by atoms with Gasteiger partial charge in [0.15, 0.2) is 5.79 Å².